The summed E-state index contributed by atoms with van der Waals surface area (Å²) in [6, 6.07) is 0. The lowest BCUT2D eigenvalue weighted by Gasteiger charge is -2.10. The van der Waals surface area contributed by atoms with Crippen molar-refractivity contribution in [2.24, 2.45) is 0 Å². The van der Waals surface area contributed by atoms with Crippen LogP contribution in [0.2, 0.25) is 39.3 Å². The second kappa shape index (κ2) is 5.05. The highest BCUT2D eigenvalue weighted by Gasteiger charge is 2.16. The molecule has 3 heteroatoms. The zero-order valence-corrected chi connectivity index (χ0v) is 12.7. The second-order valence-corrected chi connectivity index (χ2v) is 15.8. The van der Waals surface area contributed by atoms with Crippen LogP contribution < -0.4 is 0 Å². The van der Waals surface area contributed by atoms with Crippen molar-refractivity contribution in [1.82, 2.24) is 0 Å². The molecule has 14 heavy (non-hydrogen) atoms. The summed E-state index contributed by atoms with van der Waals surface area (Å²) in [4.78, 5) is 0. The predicted molar refractivity (Wildman–Crippen MR) is 71.9 cm³/mol. The Labute approximate surface area is 95.1 Å². The van der Waals surface area contributed by atoms with Crippen LogP contribution >= 0.6 is 11.6 Å². The van der Waals surface area contributed by atoms with Crippen molar-refractivity contribution in [3.8, 4) is 11.5 Å². The van der Waals surface area contributed by atoms with Gasteiger partial charge in [0.2, 0.25) is 0 Å². The van der Waals surface area contributed by atoms with Crippen LogP contribution in [0.15, 0.2) is 16.5 Å². The predicted octanol–water partition coefficient (Wildman–Crippen LogP) is 4.02. The summed E-state index contributed by atoms with van der Waals surface area (Å²) < 4.78 is 0.863. The molecule has 0 aromatic rings. The minimum Gasteiger partial charge on any atom is -0.127 e. The Morgan fingerprint density at radius 2 is 1.57 bits per heavy atom. The highest BCUT2D eigenvalue weighted by Crippen LogP contribution is 2.16. The van der Waals surface area contributed by atoms with Gasteiger partial charge in [-0.1, -0.05) is 56.8 Å². The van der Waals surface area contributed by atoms with Gasteiger partial charge >= 0.3 is 0 Å². The van der Waals surface area contributed by atoms with Crippen LogP contribution in [-0.4, -0.2) is 16.1 Å². The SMILES string of the molecule is C[Si](C)(C)C#CC=C=C(Cl)[Si](C)(C)C. The molecule has 0 radical (unpaired) electrons. The van der Waals surface area contributed by atoms with Gasteiger partial charge in [0.05, 0.1) is 0 Å². The molecular weight excluding hydrogens is 224 g/mol. The molecule has 0 bridgehead atoms. The van der Waals surface area contributed by atoms with Crippen molar-refractivity contribution in [3.63, 3.8) is 0 Å². The molecule has 0 saturated carbocycles. The van der Waals surface area contributed by atoms with Crippen LogP contribution in [0, 0.1) is 11.5 Å². The van der Waals surface area contributed by atoms with Crippen LogP contribution in [0.4, 0.5) is 0 Å². The lowest BCUT2D eigenvalue weighted by Crippen LogP contribution is -2.19. The third kappa shape index (κ3) is 7.23. The zero-order chi connectivity index (χ0) is 11.4. The van der Waals surface area contributed by atoms with Gasteiger partial charge in [0.1, 0.15) is 16.1 Å². The van der Waals surface area contributed by atoms with Crippen LogP contribution in [0.3, 0.4) is 0 Å². The third-order valence-electron chi connectivity index (χ3n) is 1.38. The van der Waals surface area contributed by atoms with E-state index in [0.29, 0.717) is 0 Å². The molecule has 78 valence electrons. The van der Waals surface area contributed by atoms with Gasteiger partial charge in [-0.3, -0.25) is 0 Å². The minimum atomic E-state index is -1.37. The molecule has 0 aliphatic carbocycles. The molecule has 0 unspecified atom stereocenters. The maximum atomic E-state index is 6.09. The second-order valence-electron chi connectivity index (χ2n) is 5.37. The van der Waals surface area contributed by atoms with Gasteiger partial charge in [-0.05, 0) is 0 Å². The number of hydrogen-bond donors (Lipinski definition) is 0. The Morgan fingerprint density at radius 1 is 1.07 bits per heavy atom. The van der Waals surface area contributed by atoms with E-state index in [4.69, 9.17) is 11.6 Å². The number of allylic oxidation sites excluding steroid dienone is 1. The van der Waals surface area contributed by atoms with Crippen molar-refractivity contribution in [3.05, 3.63) is 16.5 Å². The Morgan fingerprint density at radius 3 is 1.93 bits per heavy atom. The van der Waals surface area contributed by atoms with Gasteiger partial charge in [-0.2, -0.15) is 0 Å². The normalized spacial score (nSPS) is 11.1. The van der Waals surface area contributed by atoms with Crippen molar-refractivity contribution < 1.29 is 0 Å². The number of hydrogen-bond acceptors (Lipinski definition) is 0. The monoisotopic (exact) mass is 242 g/mol. The first-order valence-electron chi connectivity index (χ1n) is 4.77. The molecule has 0 aliphatic rings. The average molecular weight is 243 g/mol. The topological polar surface area (TPSA) is 0 Å². The van der Waals surface area contributed by atoms with E-state index in [1.54, 1.807) is 6.08 Å². The molecule has 0 aromatic heterocycles. The Bertz CT molecular complexity index is 312. The summed E-state index contributed by atoms with van der Waals surface area (Å²) >= 11 is 6.09. The van der Waals surface area contributed by atoms with Crippen molar-refractivity contribution >= 4 is 27.7 Å². The van der Waals surface area contributed by atoms with Gasteiger partial charge in [-0.15, -0.1) is 11.3 Å². The van der Waals surface area contributed by atoms with Crippen molar-refractivity contribution in [2.75, 3.05) is 0 Å². The van der Waals surface area contributed by atoms with Crippen LogP contribution in [0.5, 0.6) is 0 Å². The fourth-order valence-electron chi connectivity index (χ4n) is 0.569. The summed E-state index contributed by atoms with van der Waals surface area (Å²) in [6.45, 7) is 13.2. The summed E-state index contributed by atoms with van der Waals surface area (Å²) in [6.07, 6.45) is 1.76. The van der Waals surface area contributed by atoms with Crippen LogP contribution in [0.25, 0.3) is 0 Å². The van der Waals surface area contributed by atoms with E-state index in [-0.39, 0.29) is 0 Å². The van der Waals surface area contributed by atoms with Gasteiger partial charge in [0, 0.05) is 10.7 Å². The van der Waals surface area contributed by atoms with E-state index >= 15 is 0 Å². The molecule has 0 rings (SSSR count). The first-order valence-corrected chi connectivity index (χ1v) is 12.1. The summed E-state index contributed by atoms with van der Waals surface area (Å²) in [5.41, 5.74) is 6.31. The van der Waals surface area contributed by atoms with Crippen LogP contribution in [-0.2, 0) is 0 Å². The van der Waals surface area contributed by atoms with E-state index in [2.05, 4.69) is 56.5 Å². The lowest BCUT2D eigenvalue weighted by atomic mass is 10.6. The van der Waals surface area contributed by atoms with Gasteiger partial charge < -0.3 is 0 Å². The van der Waals surface area contributed by atoms with Gasteiger partial charge in [0.25, 0.3) is 0 Å². The summed E-state index contributed by atoms with van der Waals surface area (Å²) in [5.74, 6) is 3.02. The third-order valence-corrected chi connectivity index (χ3v) is 5.54. The van der Waals surface area contributed by atoms with E-state index in [0.717, 1.165) is 4.66 Å². The maximum Gasteiger partial charge on any atom is 0.129 e. The minimum absolute atomic E-state index is 0.863. The molecule has 0 heterocycles. The fourth-order valence-corrected chi connectivity index (χ4v) is 1.63. The Balaban J connectivity index is 4.67. The smallest absolute Gasteiger partial charge is 0.127 e. The van der Waals surface area contributed by atoms with Crippen LogP contribution in [0.1, 0.15) is 0 Å². The highest BCUT2D eigenvalue weighted by atomic mass is 35.5. The van der Waals surface area contributed by atoms with Gasteiger partial charge in [-0.25, -0.2) is 0 Å². The van der Waals surface area contributed by atoms with Crippen molar-refractivity contribution in [1.29, 1.82) is 0 Å². The fraction of sp³-hybridized carbons (Fsp3) is 0.545. The molecule has 0 spiro atoms. The zero-order valence-electron chi connectivity index (χ0n) is 9.96. The molecular formula is C11H19ClSi2. The largest absolute Gasteiger partial charge is 0.129 e. The molecule has 0 saturated heterocycles. The molecule has 0 fully saturated rings. The number of halogens is 1. The lowest BCUT2D eigenvalue weighted by molar-refractivity contribution is 1.74. The first-order chi connectivity index (χ1) is 6.13. The number of rotatable bonds is 1. The summed E-state index contributed by atoms with van der Waals surface area (Å²) in [7, 11) is -2.62. The highest BCUT2D eigenvalue weighted by molar-refractivity contribution is 6.91. The van der Waals surface area contributed by atoms with E-state index in [9.17, 15) is 0 Å². The quantitative estimate of drug-likeness (QED) is 0.370. The maximum absolute atomic E-state index is 6.09. The first kappa shape index (κ1) is 13.8. The van der Waals surface area contributed by atoms with Gasteiger partial charge in [0.15, 0.2) is 0 Å². The Hall–Kier alpha value is -0.196. The molecule has 0 atom stereocenters. The molecule has 0 N–H and O–H groups in total. The molecule has 0 aliphatic heterocycles. The van der Waals surface area contributed by atoms with E-state index in [1.807, 2.05) is 0 Å². The average Bonchev–Trinajstić information content (AvgIpc) is 1.93. The van der Waals surface area contributed by atoms with Crippen molar-refractivity contribution in [2.45, 2.75) is 39.3 Å². The molecule has 0 amide bonds. The Kier molecular flexibility index (Phi) is 4.97. The summed E-state index contributed by atoms with van der Waals surface area (Å²) in [5, 5.41) is 0. The van der Waals surface area contributed by atoms with E-state index in [1.165, 1.54) is 0 Å². The standard InChI is InChI=1S/C11H19ClSi2/c1-13(2,3)10-8-7-9-11(12)14(4,5)6/h7H,1-6H3. The van der Waals surface area contributed by atoms with E-state index < -0.39 is 16.1 Å². The molecule has 0 aromatic carbocycles. The molecule has 0 nitrogen and oxygen atoms in total.